The van der Waals surface area contributed by atoms with Crippen molar-refractivity contribution < 1.29 is 14.5 Å². The van der Waals surface area contributed by atoms with Crippen LogP contribution >= 0.6 is 11.3 Å². The summed E-state index contributed by atoms with van der Waals surface area (Å²) in [5.41, 5.74) is 6.20. The van der Waals surface area contributed by atoms with Crippen molar-refractivity contribution in [2.45, 2.75) is 6.42 Å². The number of hydrogen-bond acceptors (Lipinski definition) is 4. The number of benzene rings is 1. The summed E-state index contributed by atoms with van der Waals surface area (Å²) in [5.74, 6) is -0.421. The second-order valence-corrected chi connectivity index (χ2v) is 7.00. The van der Waals surface area contributed by atoms with Gasteiger partial charge in [0.1, 0.15) is 0 Å². The summed E-state index contributed by atoms with van der Waals surface area (Å²) in [6, 6.07) is 13.9. The Morgan fingerprint density at radius 2 is 1.80 bits per heavy atom. The second-order valence-electron chi connectivity index (χ2n) is 6.05. The molecule has 132 valence electrons. The smallest absolute Gasteiger partial charge is 0.279 e. The van der Waals surface area contributed by atoms with E-state index in [1.165, 1.54) is 21.9 Å². The van der Waals surface area contributed by atoms with Crippen molar-refractivity contribution in [3.8, 4) is 0 Å². The zero-order chi connectivity index (χ0) is 17.5. The van der Waals surface area contributed by atoms with E-state index in [-0.39, 0.29) is 11.8 Å². The summed E-state index contributed by atoms with van der Waals surface area (Å²) in [7, 11) is 0. The minimum absolute atomic E-state index is 0.150. The van der Waals surface area contributed by atoms with Crippen LogP contribution in [0.2, 0.25) is 0 Å². The molecular formula is C18H23N4O2S+. The van der Waals surface area contributed by atoms with Crippen molar-refractivity contribution in [3.63, 3.8) is 0 Å². The predicted octanol–water partition coefficient (Wildman–Crippen LogP) is 0.304. The van der Waals surface area contributed by atoms with Gasteiger partial charge in [-0.25, -0.2) is 0 Å². The van der Waals surface area contributed by atoms with Crippen LogP contribution in [-0.2, 0) is 4.79 Å². The lowest BCUT2D eigenvalue weighted by Gasteiger charge is -2.33. The Balaban J connectivity index is 1.34. The summed E-state index contributed by atoms with van der Waals surface area (Å²) in [4.78, 5) is 28.0. The van der Waals surface area contributed by atoms with Crippen LogP contribution in [0.1, 0.15) is 16.1 Å². The molecule has 0 radical (unpaired) electrons. The van der Waals surface area contributed by atoms with E-state index in [0.29, 0.717) is 11.3 Å². The maximum atomic E-state index is 11.9. The van der Waals surface area contributed by atoms with Gasteiger partial charge in [-0.1, -0.05) is 24.3 Å². The molecule has 2 amide bonds. The van der Waals surface area contributed by atoms with Crippen LogP contribution in [0.4, 0.5) is 5.69 Å². The Labute approximate surface area is 151 Å². The molecule has 25 heavy (non-hydrogen) atoms. The fraction of sp³-hybridized carbons (Fsp3) is 0.333. The first-order valence-electron chi connectivity index (χ1n) is 8.48. The number of hydrogen-bond donors (Lipinski definition) is 3. The van der Waals surface area contributed by atoms with E-state index >= 15 is 0 Å². The van der Waals surface area contributed by atoms with Crippen LogP contribution in [0.25, 0.3) is 0 Å². The highest BCUT2D eigenvalue weighted by Crippen LogP contribution is 2.12. The number of anilines is 1. The lowest BCUT2D eigenvalue weighted by Crippen LogP contribution is -3.15. The van der Waals surface area contributed by atoms with E-state index in [0.717, 1.165) is 32.7 Å². The number of amides is 2. The van der Waals surface area contributed by atoms with Crippen molar-refractivity contribution in [1.29, 1.82) is 0 Å². The quantitative estimate of drug-likeness (QED) is 0.673. The average molecular weight is 359 g/mol. The molecule has 0 unspecified atom stereocenters. The largest absolute Gasteiger partial charge is 0.360 e. The molecule has 2 aromatic rings. The van der Waals surface area contributed by atoms with E-state index in [1.54, 1.807) is 12.1 Å². The number of nitrogens with one attached hydrogen (secondary N) is 3. The Bertz CT molecular complexity index is 682. The fourth-order valence-electron chi connectivity index (χ4n) is 2.92. The normalized spacial score (nSPS) is 15.0. The van der Waals surface area contributed by atoms with Gasteiger partial charge in [0.25, 0.3) is 5.91 Å². The van der Waals surface area contributed by atoms with Gasteiger partial charge in [-0.15, -0.1) is 11.3 Å². The third-order valence-corrected chi connectivity index (χ3v) is 5.23. The molecule has 3 N–H and O–H groups in total. The third-order valence-electron chi connectivity index (χ3n) is 4.36. The number of hydrazine groups is 1. The Hall–Kier alpha value is -2.38. The molecule has 0 aliphatic carbocycles. The zero-order valence-electron chi connectivity index (χ0n) is 14.0. The van der Waals surface area contributed by atoms with E-state index in [2.05, 4.69) is 40.0 Å². The van der Waals surface area contributed by atoms with Gasteiger partial charge in [0.05, 0.1) is 44.0 Å². The van der Waals surface area contributed by atoms with Crippen LogP contribution in [-0.4, -0.2) is 44.5 Å². The van der Waals surface area contributed by atoms with E-state index in [4.69, 9.17) is 0 Å². The highest BCUT2D eigenvalue weighted by Gasteiger charge is 2.20. The minimum atomic E-state index is -0.271. The number of carbonyl (C=O) groups is 2. The highest BCUT2D eigenvalue weighted by molar-refractivity contribution is 7.12. The molecule has 0 spiro atoms. The van der Waals surface area contributed by atoms with Crippen molar-refractivity contribution in [2.75, 3.05) is 37.6 Å². The monoisotopic (exact) mass is 359 g/mol. The lowest BCUT2D eigenvalue weighted by molar-refractivity contribution is -0.900. The zero-order valence-corrected chi connectivity index (χ0v) is 14.8. The first kappa shape index (κ1) is 17.4. The minimum Gasteiger partial charge on any atom is -0.360 e. The Kier molecular flexibility index (Phi) is 6.03. The number of rotatable bonds is 5. The van der Waals surface area contributed by atoms with Crippen LogP contribution < -0.4 is 20.7 Å². The fourth-order valence-corrected chi connectivity index (χ4v) is 3.54. The van der Waals surface area contributed by atoms with Gasteiger partial charge in [-0.2, -0.15) is 0 Å². The van der Waals surface area contributed by atoms with Crippen molar-refractivity contribution in [3.05, 3.63) is 52.7 Å². The standard InChI is InChI=1S/C18H22N4O2S/c23-17(19-20-18(24)16-7-4-14-25-16)8-9-21-10-12-22(13-11-21)15-5-2-1-3-6-15/h1-7,14H,8-13H2,(H,19,23)(H,20,24)/p+1. The van der Waals surface area contributed by atoms with Crippen LogP contribution in [0.5, 0.6) is 0 Å². The maximum absolute atomic E-state index is 11.9. The molecular weight excluding hydrogens is 336 g/mol. The third kappa shape index (κ3) is 5.04. The van der Waals surface area contributed by atoms with Gasteiger partial charge in [0, 0.05) is 5.69 Å². The highest BCUT2D eigenvalue weighted by atomic mass is 32.1. The van der Waals surface area contributed by atoms with Gasteiger partial charge >= 0.3 is 0 Å². The van der Waals surface area contributed by atoms with Crippen molar-refractivity contribution >= 4 is 28.8 Å². The van der Waals surface area contributed by atoms with Crippen molar-refractivity contribution in [2.24, 2.45) is 0 Å². The summed E-state index contributed by atoms with van der Waals surface area (Å²) in [5, 5.41) is 1.83. The summed E-state index contributed by atoms with van der Waals surface area (Å²) in [6.07, 6.45) is 0.408. The summed E-state index contributed by atoms with van der Waals surface area (Å²) < 4.78 is 0. The Morgan fingerprint density at radius 1 is 1.04 bits per heavy atom. The van der Waals surface area contributed by atoms with Gasteiger partial charge in [0.15, 0.2) is 0 Å². The number of para-hydroxylation sites is 1. The molecule has 1 aromatic carbocycles. The van der Waals surface area contributed by atoms with Gasteiger partial charge < -0.3 is 9.80 Å². The predicted molar refractivity (Wildman–Crippen MR) is 98.8 cm³/mol. The first-order valence-corrected chi connectivity index (χ1v) is 9.36. The van der Waals surface area contributed by atoms with Crippen molar-refractivity contribution in [1.82, 2.24) is 10.9 Å². The number of carbonyl (C=O) groups excluding carboxylic acids is 2. The van der Waals surface area contributed by atoms with Gasteiger partial charge in [-0.3, -0.25) is 20.4 Å². The van der Waals surface area contributed by atoms with E-state index in [1.807, 2.05) is 11.4 Å². The molecule has 0 saturated carbocycles. The summed E-state index contributed by atoms with van der Waals surface area (Å²) in [6.45, 7) is 4.81. The van der Waals surface area contributed by atoms with Gasteiger partial charge in [-0.05, 0) is 23.6 Å². The molecule has 0 atom stereocenters. The van der Waals surface area contributed by atoms with Gasteiger partial charge in [0.2, 0.25) is 5.91 Å². The number of nitrogens with zero attached hydrogens (tertiary/aromatic N) is 1. The molecule has 1 aromatic heterocycles. The molecule has 7 heteroatoms. The molecule has 3 rings (SSSR count). The molecule has 1 aliphatic rings. The topological polar surface area (TPSA) is 65.9 Å². The van der Waals surface area contributed by atoms with E-state index < -0.39 is 0 Å². The number of thiophene rings is 1. The average Bonchev–Trinajstić information content (AvgIpc) is 3.20. The number of quaternary nitrogens is 1. The molecule has 1 fully saturated rings. The summed E-state index contributed by atoms with van der Waals surface area (Å²) >= 11 is 1.34. The molecule has 6 nitrogen and oxygen atoms in total. The van der Waals surface area contributed by atoms with Crippen LogP contribution in [0.3, 0.4) is 0 Å². The maximum Gasteiger partial charge on any atom is 0.279 e. The lowest BCUT2D eigenvalue weighted by atomic mass is 10.2. The molecule has 1 aliphatic heterocycles. The molecule has 2 heterocycles. The second kappa shape index (κ2) is 8.64. The SMILES string of the molecule is O=C(CC[NH+]1CCN(c2ccccc2)CC1)NNC(=O)c1cccs1. The molecule has 0 bridgehead atoms. The first-order chi connectivity index (χ1) is 12.2. The molecule has 1 saturated heterocycles. The Morgan fingerprint density at radius 3 is 2.48 bits per heavy atom. The van der Waals surface area contributed by atoms with Crippen LogP contribution in [0.15, 0.2) is 47.8 Å². The van der Waals surface area contributed by atoms with Crippen LogP contribution in [0, 0.1) is 0 Å². The number of piperazine rings is 1. The van der Waals surface area contributed by atoms with E-state index in [9.17, 15) is 9.59 Å².